The maximum Gasteiger partial charge on any atom is 0.133 e. The first kappa shape index (κ1) is 15.6. The van der Waals surface area contributed by atoms with Crippen LogP contribution in [0.3, 0.4) is 0 Å². The van der Waals surface area contributed by atoms with E-state index in [0.29, 0.717) is 5.92 Å². The van der Waals surface area contributed by atoms with Crippen LogP contribution in [0.15, 0.2) is 12.5 Å². The van der Waals surface area contributed by atoms with Gasteiger partial charge in [0.15, 0.2) is 0 Å². The van der Waals surface area contributed by atoms with Gasteiger partial charge >= 0.3 is 0 Å². The van der Waals surface area contributed by atoms with E-state index in [2.05, 4.69) is 41.8 Å². The van der Waals surface area contributed by atoms with E-state index in [0.717, 1.165) is 55.4 Å². The van der Waals surface area contributed by atoms with Crippen LogP contribution in [0.4, 0.5) is 5.82 Å². The molecule has 2 heterocycles. The molecule has 2 aromatic heterocycles. The van der Waals surface area contributed by atoms with Gasteiger partial charge in [0.25, 0.3) is 0 Å². The fraction of sp³-hybridized carbons (Fsp3) is 0.625. The maximum atomic E-state index is 6.40. The van der Waals surface area contributed by atoms with Gasteiger partial charge in [-0.3, -0.25) is 0 Å². The van der Waals surface area contributed by atoms with Crippen LogP contribution < -0.4 is 5.73 Å². The summed E-state index contributed by atoms with van der Waals surface area (Å²) >= 11 is 0. The molecule has 5 nitrogen and oxygen atoms in total. The van der Waals surface area contributed by atoms with Gasteiger partial charge in [-0.1, -0.05) is 27.7 Å². The van der Waals surface area contributed by atoms with E-state index in [1.54, 1.807) is 0 Å². The molecule has 0 aliphatic heterocycles. The second-order valence-corrected chi connectivity index (χ2v) is 5.99. The standard InChI is InChI=1S/C16H27N5/c1-5-7-14-19-15(16(17)21(14)10-12(3)4)13-9-18-11-20(13)8-6-2/h9,11-12H,5-8,10,17H2,1-4H3. The van der Waals surface area contributed by atoms with Crippen molar-refractivity contribution in [2.45, 2.75) is 60.0 Å². The van der Waals surface area contributed by atoms with Crippen LogP contribution in [0, 0.1) is 5.92 Å². The Labute approximate surface area is 127 Å². The van der Waals surface area contributed by atoms with Crippen molar-refractivity contribution >= 4 is 5.82 Å². The SMILES string of the molecule is CCCc1nc(-c2cncn2CCC)c(N)n1CC(C)C. The fourth-order valence-electron chi connectivity index (χ4n) is 2.62. The van der Waals surface area contributed by atoms with Gasteiger partial charge in [0.1, 0.15) is 17.3 Å². The van der Waals surface area contributed by atoms with E-state index in [9.17, 15) is 0 Å². The molecule has 0 aromatic carbocycles. The van der Waals surface area contributed by atoms with Crippen molar-refractivity contribution in [3.63, 3.8) is 0 Å². The molecular formula is C16H27N5. The normalized spacial score (nSPS) is 11.5. The smallest absolute Gasteiger partial charge is 0.133 e. The summed E-state index contributed by atoms with van der Waals surface area (Å²) < 4.78 is 4.31. The Hall–Kier alpha value is -1.78. The first-order valence-electron chi connectivity index (χ1n) is 7.93. The molecule has 0 atom stereocenters. The number of rotatable bonds is 7. The lowest BCUT2D eigenvalue weighted by atomic mass is 10.2. The van der Waals surface area contributed by atoms with Crippen LogP contribution in [-0.4, -0.2) is 19.1 Å². The van der Waals surface area contributed by atoms with Crippen molar-refractivity contribution in [3.05, 3.63) is 18.3 Å². The van der Waals surface area contributed by atoms with Gasteiger partial charge in [0, 0.05) is 19.5 Å². The molecular weight excluding hydrogens is 262 g/mol. The minimum atomic E-state index is 0.547. The van der Waals surface area contributed by atoms with Crippen molar-refractivity contribution in [1.29, 1.82) is 0 Å². The molecule has 0 bridgehead atoms. The van der Waals surface area contributed by atoms with E-state index in [1.807, 2.05) is 12.5 Å². The molecule has 2 N–H and O–H groups in total. The summed E-state index contributed by atoms with van der Waals surface area (Å²) in [6.07, 6.45) is 6.82. The minimum Gasteiger partial charge on any atom is -0.383 e. The lowest BCUT2D eigenvalue weighted by Crippen LogP contribution is -2.11. The van der Waals surface area contributed by atoms with E-state index in [4.69, 9.17) is 10.7 Å². The van der Waals surface area contributed by atoms with Gasteiger partial charge in [0.05, 0.1) is 18.2 Å². The molecule has 0 aliphatic carbocycles. The van der Waals surface area contributed by atoms with E-state index < -0.39 is 0 Å². The molecule has 2 rings (SSSR count). The van der Waals surface area contributed by atoms with E-state index >= 15 is 0 Å². The summed E-state index contributed by atoms with van der Waals surface area (Å²) in [5.41, 5.74) is 8.30. The predicted molar refractivity (Wildman–Crippen MR) is 87.0 cm³/mol. The summed E-state index contributed by atoms with van der Waals surface area (Å²) in [4.78, 5) is 9.08. The first-order chi connectivity index (χ1) is 10.1. The van der Waals surface area contributed by atoms with Crippen LogP contribution in [0.25, 0.3) is 11.4 Å². The van der Waals surface area contributed by atoms with E-state index in [1.165, 1.54) is 0 Å². The second kappa shape index (κ2) is 6.78. The highest BCUT2D eigenvalue weighted by Gasteiger charge is 2.18. The number of aromatic nitrogens is 4. The quantitative estimate of drug-likeness (QED) is 0.850. The average Bonchev–Trinajstić information content (AvgIpc) is 2.98. The molecule has 5 heteroatoms. The summed E-state index contributed by atoms with van der Waals surface area (Å²) in [6.45, 7) is 10.6. The monoisotopic (exact) mass is 289 g/mol. The summed E-state index contributed by atoms with van der Waals surface area (Å²) in [5.74, 6) is 2.40. The third kappa shape index (κ3) is 3.28. The van der Waals surface area contributed by atoms with E-state index in [-0.39, 0.29) is 0 Å². The highest BCUT2D eigenvalue weighted by atomic mass is 15.2. The highest BCUT2D eigenvalue weighted by molar-refractivity contribution is 5.68. The van der Waals surface area contributed by atoms with Crippen LogP contribution in [0.5, 0.6) is 0 Å². The zero-order chi connectivity index (χ0) is 15.4. The van der Waals surface area contributed by atoms with Crippen molar-refractivity contribution in [1.82, 2.24) is 19.1 Å². The second-order valence-electron chi connectivity index (χ2n) is 5.99. The Balaban J connectivity index is 2.46. The highest BCUT2D eigenvalue weighted by Crippen LogP contribution is 2.27. The topological polar surface area (TPSA) is 61.7 Å². The lowest BCUT2D eigenvalue weighted by molar-refractivity contribution is 0.510. The summed E-state index contributed by atoms with van der Waals surface area (Å²) in [7, 11) is 0. The van der Waals surface area contributed by atoms with Crippen LogP contribution in [0.1, 0.15) is 46.4 Å². The zero-order valence-electron chi connectivity index (χ0n) is 13.6. The summed E-state index contributed by atoms with van der Waals surface area (Å²) in [5, 5.41) is 0. The van der Waals surface area contributed by atoms with Crippen molar-refractivity contribution in [2.75, 3.05) is 5.73 Å². The van der Waals surface area contributed by atoms with Crippen LogP contribution >= 0.6 is 0 Å². The number of imidazole rings is 2. The number of hydrogen-bond acceptors (Lipinski definition) is 3. The third-order valence-electron chi connectivity index (χ3n) is 3.53. The largest absolute Gasteiger partial charge is 0.383 e. The van der Waals surface area contributed by atoms with Gasteiger partial charge in [-0.05, 0) is 18.8 Å². The van der Waals surface area contributed by atoms with Gasteiger partial charge < -0.3 is 14.9 Å². The molecule has 0 spiro atoms. The third-order valence-corrected chi connectivity index (χ3v) is 3.53. The molecule has 2 aromatic rings. The molecule has 0 amide bonds. The Morgan fingerprint density at radius 1 is 1.24 bits per heavy atom. The Morgan fingerprint density at radius 2 is 2.00 bits per heavy atom. The van der Waals surface area contributed by atoms with Gasteiger partial charge in [0.2, 0.25) is 0 Å². The Kier molecular flexibility index (Phi) is 5.04. The number of nitrogens with two attached hydrogens (primary N) is 1. The number of aryl methyl sites for hydroxylation is 2. The zero-order valence-corrected chi connectivity index (χ0v) is 13.6. The molecule has 0 fully saturated rings. The van der Waals surface area contributed by atoms with Gasteiger partial charge in [-0.2, -0.15) is 0 Å². The molecule has 0 saturated carbocycles. The molecule has 116 valence electrons. The number of nitrogen functional groups attached to an aromatic ring is 1. The maximum absolute atomic E-state index is 6.40. The lowest BCUT2D eigenvalue weighted by Gasteiger charge is -2.12. The van der Waals surface area contributed by atoms with Crippen LogP contribution in [-0.2, 0) is 19.5 Å². The number of hydrogen-bond donors (Lipinski definition) is 1. The summed E-state index contributed by atoms with van der Waals surface area (Å²) in [6, 6.07) is 0. The van der Waals surface area contributed by atoms with Gasteiger partial charge in [-0.25, -0.2) is 9.97 Å². The number of anilines is 1. The molecule has 0 radical (unpaired) electrons. The molecule has 0 aliphatic rings. The first-order valence-corrected chi connectivity index (χ1v) is 7.93. The van der Waals surface area contributed by atoms with Crippen molar-refractivity contribution < 1.29 is 0 Å². The number of nitrogens with zero attached hydrogens (tertiary/aromatic N) is 4. The molecule has 0 unspecified atom stereocenters. The average molecular weight is 289 g/mol. The van der Waals surface area contributed by atoms with Crippen molar-refractivity contribution in [2.24, 2.45) is 5.92 Å². The Bertz CT molecular complexity index is 580. The Morgan fingerprint density at radius 3 is 2.62 bits per heavy atom. The fourth-order valence-corrected chi connectivity index (χ4v) is 2.62. The molecule has 0 saturated heterocycles. The predicted octanol–water partition coefficient (Wildman–Crippen LogP) is 3.35. The van der Waals surface area contributed by atoms with Crippen molar-refractivity contribution in [3.8, 4) is 11.4 Å². The molecule has 21 heavy (non-hydrogen) atoms. The van der Waals surface area contributed by atoms with Gasteiger partial charge in [-0.15, -0.1) is 0 Å². The minimum absolute atomic E-state index is 0.547. The van der Waals surface area contributed by atoms with Crippen LogP contribution in [0.2, 0.25) is 0 Å².